The lowest BCUT2D eigenvalue weighted by molar-refractivity contribution is -0.119. The number of halogens is 2. The molecule has 7 nitrogen and oxygen atoms in total. The summed E-state index contributed by atoms with van der Waals surface area (Å²) in [6.07, 6.45) is 0. The number of hydrogen-bond donors (Lipinski definition) is 1. The SMILES string of the molecule is COc1ccc(OC)c(-c2csc(NC(=O)COC(=O)c3cc(Cl)ccc3F)n2)c1. The Labute approximate surface area is 180 Å². The van der Waals surface area contributed by atoms with Gasteiger partial charge in [-0.1, -0.05) is 11.6 Å². The number of benzene rings is 2. The number of carbonyl (C=O) groups excluding carboxylic acids is 2. The molecular formula is C20H16ClFN2O5S. The van der Waals surface area contributed by atoms with Crippen molar-refractivity contribution in [3.05, 3.63) is 58.2 Å². The molecule has 0 saturated carbocycles. The van der Waals surface area contributed by atoms with E-state index in [0.29, 0.717) is 27.9 Å². The fraction of sp³-hybridized carbons (Fsp3) is 0.150. The van der Waals surface area contributed by atoms with Crippen molar-refractivity contribution in [1.29, 1.82) is 0 Å². The number of esters is 1. The average Bonchev–Trinajstić information content (AvgIpc) is 3.21. The van der Waals surface area contributed by atoms with Gasteiger partial charge < -0.3 is 14.2 Å². The summed E-state index contributed by atoms with van der Waals surface area (Å²) in [6.45, 7) is -0.609. The minimum atomic E-state index is -0.994. The van der Waals surface area contributed by atoms with Crippen LogP contribution in [0.1, 0.15) is 10.4 Å². The Hall–Kier alpha value is -3.17. The van der Waals surface area contributed by atoms with Crippen LogP contribution >= 0.6 is 22.9 Å². The van der Waals surface area contributed by atoms with Crippen LogP contribution in [0.4, 0.5) is 9.52 Å². The third-order valence-corrected chi connectivity index (χ3v) is 4.91. The number of anilines is 1. The summed E-state index contributed by atoms with van der Waals surface area (Å²) in [5.74, 6) is -1.18. The average molecular weight is 451 g/mol. The topological polar surface area (TPSA) is 86.8 Å². The zero-order valence-corrected chi connectivity index (χ0v) is 17.5. The van der Waals surface area contributed by atoms with E-state index in [9.17, 15) is 14.0 Å². The van der Waals surface area contributed by atoms with Crippen molar-refractivity contribution in [3.63, 3.8) is 0 Å². The van der Waals surface area contributed by atoms with Crippen molar-refractivity contribution in [3.8, 4) is 22.8 Å². The van der Waals surface area contributed by atoms with Crippen LogP contribution in [-0.2, 0) is 9.53 Å². The fourth-order valence-electron chi connectivity index (χ4n) is 2.49. The lowest BCUT2D eigenvalue weighted by Gasteiger charge is -2.08. The first-order chi connectivity index (χ1) is 14.4. The molecule has 0 bridgehead atoms. The number of nitrogens with zero attached hydrogens (tertiary/aromatic N) is 1. The highest BCUT2D eigenvalue weighted by Gasteiger charge is 2.17. The van der Waals surface area contributed by atoms with Crippen molar-refractivity contribution < 1.29 is 28.2 Å². The van der Waals surface area contributed by atoms with Gasteiger partial charge in [-0.3, -0.25) is 10.1 Å². The van der Waals surface area contributed by atoms with E-state index >= 15 is 0 Å². The Balaban J connectivity index is 1.64. The molecule has 156 valence electrons. The van der Waals surface area contributed by atoms with Crippen molar-refractivity contribution in [2.24, 2.45) is 0 Å². The predicted molar refractivity (Wildman–Crippen MR) is 111 cm³/mol. The van der Waals surface area contributed by atoms with E-state index in [1.54, 1.807) is 30.7 Å². The molecule has 0 aliphatic heterocycles. The van der Waals surface area contributed by atoms with Gasteiger partial charge in [0.1, 0.15) is 17.3 Å². The Bertz CT molecular complexity index is 1090. The number of thiazole rings is 1. The Morgan fingerprint density at radius 3 is 2.70 bits per heavy atom. The van der Waals surface area contributed by atoms with Crippen molar-refractivity contribution in [2.75, 3.05) is 26.1 Å². The highest BCUT2D eigenvalue weighted by atomic mass is 35.5. The standard InChI is InChI=1S/C20H16ClFN2O5S/c1-27-12-4-6-17(28-2)14(8-12)16-10-30-20(23-16)24-18(25)9-29-19(26)13-7-11(21)3-5-15(13)22/h3-8,10H,9H2,1-2H3,(H,23,24,25). The molecule has 0 unspecified atom stereocenters. The second-order valence-electron chi connectivity index (χ2n) is 5.85. The minimum absolute atomic E-state index is 0.177. The van der Waals surface area contributed by atoms with Gasteiger partial charge in [-0.15, -0.1) is 11.3 Å². The van der Waals surface area contributed by atoms with E-state index in [1.807, 2.05) is 0 Å². The van der Waals surface area contributed by atoms with Crippen LogP contribution < -0.4 is 14.8 Å². The minimum Gasteiger partial charge on any atom is -0.497 e. The van der Waals surface area contributed by atoms with Crippen molar-refractivity contribution in [2.45, 2.75) is 0 Å². The molecule has 2 aromatic carbocycles. The Morgan fingerprint density at radius 1 is 1.17 bits per heavy atom. The molecule has 1 amide bonds. The zero-order chi connectivity index (χ0) is 21.7. The van der Waals surface area contributed by atoms with E-state index in [1.165, 1.54) is 24.5 Å². The molecule has 3 rings (SSSR count). The fourth-order valence-corrected chi connectivity index (χ4v) is 3.39. The van der Waals surface area contributed by atoms with Crippen LogP contribution in [-0.4, -0.2) is 37.7 Å². The molecule has 1 N–H and O–H groups in total. The monoisotopic (exact) mass is 450 g/mol. The van der Waals surface area contributed by atoms with Crippen LogP contribution in [0.2, 0.25) is 5.02 Å². The van der Waals surface area contributed by atoms with E-state index in [-0.39, 0.29) is 10.6 Å². The maximum Gasteiger partial charge on any atom is 0.341 e. The summed E-state index contributed by atoms with van der Waals surface area (Å²) >= 11 is 6.93. The Kier molecular flexibility index (Phi) is 6.86. The third kappa shape index (κ3) is 5.05. The number of rotatable bonds is 7. The number of methoxy groups -OCH3 is 2. The third-order valence-electron chi connectivity index (χ3n) is 3.92. The number of carbonyl (C=O) groups is 2. The maximum absolute atomic E-state index is 13.7. The van der Waals surface area contributed by atoms with Gasteiger partial charge in [-0.2, -0.15) is 0 Å². The second kappa shape index (κ2) is 9.55. The smallest absolute Gasteiger partial charge is 0.341 e. The molecule has 0 spiro atoms. The summed E-state index contributed by atoms with van der Waals surface area (Å²) in [5.41, 5.74) is 0.914. The van der Waals surface area contributed by atoms with Crippen LogP contribution in [0.25, 0.3) is 11.3 Å². The number of hydrogen-bond acceptors (Lipinski definition) is 7. The zero-order valence-electron chi connectivity index (χ0n) is 15.9. The van der Waals surface area contributed by atoms with Crippen LogP contribution in [0.5, 0.6) is 11.5 Å². The summed E-state index contributed by atoms with van der Waals surface area (Å²) < 4.78 is 29.1. The number of aromatic nitrogens is 1. The van der Waals surface area contributed by atoms with Gasteiger partial charge in [0.2, 0.25) is 0 Å². The summed E-state index contributed by atoms with van der Waals surface area (Å²) in [4.78, 5) is 28.4. The number of ether oxygens (including phenoxy) is 3. The lowest BCUT2D eigenvalue weighted by atomic mass is 10.1. The molecule has 0 saturated heterocycles. The molecule has 0 radical (unpaired) electrons. The van der Waals surface area contributed by atoms with E-state index in [4.69, 9.17) is 25.8 Å². The first-order valence-corrected chi connectivity index (χ1v) is 9.77. The van der Waals surface area contributed by atoms with Gasteiger partial charge in [0.05, 0.1) is 25.5 Å². The van der Waals surface area contributed by atoms with Crippen molar-refractivity contribution >= 4 is 39.9 Å². The summed E-state index contributed by atoms with van der Waals surface area (Å²) in [5, 5.41) is 4.74. The molecule has 0 aliphatic carbocycles. The quantitative estimate of drug-likeness (QED) is 0.536. The highest BCUT2D eigenvalue weighted by molar-refractivity contribution is 7.14. The van der Waals surface area contributed by atoms with Gasteiger partial charge in [0.15, 0.2) is 11.7 Å². The molecule has 1 aromatic heterocycles. The van der Waals surface area contributed by atoms with E-state index < -0.39 is 24.3 Å². The van der Waals surface area contributed by atoms with Crippen molar-refractivity contribution in [1.82, 2.24) is 4.98 Å². The maximum atomic E-state index is 13.7. The second-order valence-corrected chi connectivity index (χ2v) is 7.15. The molecule has 10 heteroatoms. The molecule has 30 heavy (non-hydrogen) atoms. The highest BCUT2D eigenvalue weighted by Crippen LogP contribution is 2.35. The lowest BCUT2D eigenvalue weighted by Crippen LogP contribution is -2.21. The Morgan fingerprint density at radius 2 is 1.97 bits per heavy atom. The van der Waals surface area contributed by atoms with Crippen LogP contribution in [0.15, 0.2) is 41.8 Å². The van der Waals surface area contributed by atoms with Gasteiger partial charge in [-0.05, 0) is 36.4 Å². The predicted octanol–water partition coefficient (Wildman–Crippen LogP) is 4.42. The summed E-state index contributed by atoms with van der Waals surface area (Å²) in [6, 6.07) is 8.75. The first-order valence-electron chi connectivity index (χ1n) is 8.51. The molecular weight excluding hydrogens is 435 g/mol. The molecule has 3 aromatic rings. The van der Waals surface area contributed by atoms with Crippen LogP contribution in [0.3, 0.4) is 0 Å². The van der Waals surface area contributed by atoms with E-state index in [0.717, 1.165) is 12.1 Å². The molecule has 0 atom stereocenters. The number of amides is 1. The largest absolute Gasteiger partial charge is 0.497 e. The van der Waals surface area contributed by atoms with Gasteiger partial charge in [0.25, 0.3) is 5.91 Å². The van der Waals surface area contributed by atoms with Gasteiger partial charge >= 0.3 is 5.97 Å². The van der Waals surface area contributed by atoms with Gasteiger partial charge in [0, 0.05) is 16.0 Å². The van der Waals surface area contributed by atoms with Gasteiger partial charge in [-0.25, -0.2) is 14.2 Å². The first kappa shape index (κ1) is 21.5. The normalized spacial score (nSPS) is 10.4. The molecule has 0 fully saturated rings. The molecule has 1 heterocycles. The van der Waals surface area contributed by atoms with E-state index in [2.05, 4.69) is 10.3 Å². The number of nitrogens with one attached hydrogen (secondary N) is 1. The van der Waals surface area contributed by atoms with Crippen LogP contribution in [0, 0.1) is 5.82 Å². The summed E-state index contributed by atoms with van der Waals surface area (Å²) in [7, 11) is 3.09. The molecule has 0 aliphatic rings.